The van der Waals surface area contributed by atoms with E-state index in [1.54, 1.807) is 32.0 Å². The van der Waals surface area contributed by atoms with E-state index in [9.17, 15) is 20.0 Å². The Hall–Kier alpha value is -3.62. The summed E-state index contributed by atoms with van der Waals surface area (Å²) in [6.45, 7) is 3.38. The van der Waals surface area contributed by atoms with Crippen molar-refractivity contribution in [2.24, 2.45) is 10.7 Å². The van der Waals surface area contributed by atoms with Gasteiger partial charge in [0.25, 0.3) is 0 Å². The summed E-state index contributed by atoms with van der Waals surface area (Å²) in [7, 11) is 0. The van der Waals surface area contributed by atoms with E-state index in [4.69, 9.17) is 10.5 Å². The van der Waals surface area contributed by atoms with Gasteiger partial charge in [0.15, 0.2) is 6.19 Å². The number of aliphatic imine (C=N–C) groups is 1. The Kier molecular flexibility index (Phi) is 4.91. The maximum absolute atomic E-state index is 13.1. The first kappa shape index (κ1) is 19.2. The summed E-state index contributed by atoms with van der Waals surface area (Å²) in [6.07, 6.45) is 0.812. The number of nitrogens with zero attached hydrogens (tertiary/aromatic N) is 4. The number of halogens is 1. The highest BCUT2D eigenvalue weighted by atomic mass is 19.1. The Morgan fingerprint density at radius 2 is 1.93 bits per heavy atom. The van der Waals surface area contributed by atoms with Gasteiger partial charge in [0, 0.05) is 5.56 Å². The molecule has 0 amide bonds. The molecule has 8 heteroatoms. The Morgan fingerprint density at radius 3 is 2.54 bits per heavy atom. The van der Waals surface area contributed by atoms with Gasteiger partial charge in [-0.05, 0) is 56.3 Å². The highest BCUT2D eigenvalue weighted by molar-refractivity contribution is 5.83. The zero-order valence-corrected chi connectivity index (χ0v) is 15.3. The quantitative estimate of drug-likeness (QED) is 0.358. The number of guanidine groups is 1. The number of nitriles is 2. The standard InChI is InChI=1S/C20H18FN5O2/c1-20(2)18(27)17(15-9-12(10-22)3-8-16(15)28-20)26(11-23)19(24)25-14-6-4-13(21)5-7-14/h3-9,17-18,27H,1-2H3,(H2,24,25)/t17-,18+/m1/s1. The average Bonchev–Trinajstić information content (AvgIpc) is 2.66. The van der Waals surface area contributed by atoms with Crippen LogP contribution >= 0.6 is 0 Å². The summed E-state index contributed by atoms with van der Waals surface area (Å²) in [5.41, 5.74) is 6.19. The summed E-state index contributed by atoms with van der Waals surface area (Å²) < 4.78 is 18.9. The zero-order chi connectivity index (χ0) is 20.5. The van der Waals surface area contributed by atoms with E-state index in [0.29, 0.717) is 22.6 Å². The number of hydrogen-bond donors (Lipinski definition) is 2. The van der Waals surface area contributed by atoms with Crippen LogP contribution < -0.4 is 10.5 Å². The van der Waals surface area contributed by atoms with Crippen molar-refractivity contribution in [3.05, 3.63) is 59.4 Å². The molecule has 0 unspecified atom stereocenters. The van der Waals surface area contributed by atoms with Crippen LogP contribution in [0.4, 0.5) is 10.1 Å². The van der Waals surface area contributed by atoms with Gasteiger partial charge in [-0.15, -0.1) is 0 Å². The normalized spacial score (nSPS) is 20.3. The lowest BCUT2D eigenvalue weighted by atomic mass is 9.85. The van der Waals surface area contributed by atoms with Crippen LogP contribution in [0.2, 0.25) is 0 Å². The molecule has 0 fully saturated rings. The first-order chi connectivity index (χ1) is 13.3. The number of aliphatic hydroxyl groups is 1. The van der Waals surface area contributed by atoms with E-state index in [1.807, 2.05) is 12.3 Å². The summed E-state index contributed by atoms with van der Waals surface area (Å²) in [6, 6.07) is 11.2. The largest absolute Gasteiger partial charge is 0.485 e. The molecule has 0 aromatic heterocycles. The second-order valence-electron chi connectivity index (χ2n) is 6.88. The number of fused-ring (bicyclic) bond motifs is 1. The predicted octanol–water partition coefficient (Wildman–Crippen LogP) is 2.70. The highest BCUT2D eigenvalue weighted by Crippen LogP contribution is 2.43. The molecule has 142 valence electrons. The molecule has 0 saturated carbocycles. The number of benzene rings is 2. The van der Waals surface area contributed by atoms with Crippen LogP contribution in [0, 0.1) is 28.6 Å². The monoisotopic (exact) mass is 379 g/mol. The van der Waals surface area contributed by atoms with Crippen LogP contribution in [-0.2, 0) is 0 Å². The van der Waals surface area contributed by atoms with Crippen LogP contribution in [0.5, 0.6) is 5.75 Å². The molecular weight excluding hydrogens is 361 g/mol. The zero-order valence-electron chi connectivity index (χ0n) is 15.3. The molecule has 1 heterocycles. The molecule has 0 radical (unpaired) electrons. The van der Waals surface area contributed by atoms with Crippen LogP contribution in [0.25, 0.3) is 0 Å². The van der Waals surface area contributed by atoms with Crippen LogP contribution in [-0.4, -0.2) is 27.7 Å². The third-order valence-electron chi connectivity index (χ3n) is 4.54. The minimum atomic E-state index is -1.14. The smallest absolute Gasteiger partial charge is 0.210 e. The first-order valence-electron chi connectivity index (χ1n) is 8.46. The molecule has 1 aliphatic heterocycles. The SMILES string of the molecule is CC1(C)Oc2ccc(C#N)cc2[C@@H](N(C#N)C(N)=Nc2ccc(F)cc2)[C@@H]1O. The molecule has 1 aliphatic rings. The maximum atomic E-state index is 13.1. The van der Waals surface area contributed by atoms with E-state index in [2.05, 4.69) is 4.99 Å². The van der Waals surface area contributed by atoms with Crippen molar-refractivity contribution >= 4 is 11.6 Å². The van der Waals surface area contributed by atoms with Gasteiger partial charge in [-0.2, -0.15) is 10.5 Å². The topological polar surface area (TPSA) is 119 Å². The maximum Gasteiger partial charge on any atom is 0.210 e. The number of rotatable bonds is 2. The Balaban J connectivity index is 2.09. The van der Waals surface area contributed by atoms with Gasteiger partial charge >= 0.3 is 0 Å². The van der Waals surface area contributed by atoms with E-state index >= 15 is 0 Å². The molecule has 3 N–H and O–H groups in total. The van der Waals surface area contributed by atoms with Crippen molar-refractivity contribution in [1.82, 2.24) is 4.90 Å². The van der Waals surface area contributed by atoms with E-state index in [-0.39, 0.29) is 5.96 Å². The second-order valence-corrected chi connectivity index (χ2v) is 6.88. The Labute approximate surface area is 161 Å². The van der Waals surface area contributed by atoms with Crippen molar-refractivity contribution in [3.8, 4) is 18.0 Å². The van der Waals surface area contributed by atoms with E-state index in [1.165, 1.54) is 24.3 Å². The number of hydrogen-bond acceptors (Lipinski definition) is 5. The lowest BCUT2D eigenvalue weighted by Crippen LogP contribution is -2.54. The van der Waals surface area contributed by atoms with Crippen molar-refractivity contribution in [1.29, 1.82) is 10.5 Å². The van der Waals surface area contributed by atoms with Crippen LogP contribution in [0.15, 0.2) is 47.5 Å². The lowest BCUT2D eigenvalue weighted by Gasteiger charge is -2.44. The first-order valence-corrected chi connectivity index (χ1v) is 8.46. The number of aliphatic hydroxyl groups excluding tert-OH is 1. The third kappa shape index (κ3) is 3.46. The fourth-order valence-corrected chi connectivity index (χ4v) is 3.07. The van der Waals surface area contributed by atoms with Crippen molar-refractivity contribution in [3.63, 3.8) is 0 Å². The molecule has 0 aliphatic carbocycles. The van der Waals surface area contributed by atoms with Gasteiger partial charge in [0.05, 0.1) is 17.3 Å². The van der Waals surface area contributed by atoms with Gasteiger partial charge in [-0.1, -0.05) is 0 Å². The van der Waals surface area contributed by atoms with E-state index < -0.39 is 23.6 Å². The summed E-state index contributed by atoms with van der Waals surface area (Å²) in [4.78, 5) is 5.23. The van der Waals surface area contributed by atoms with Crippen LogP contribution in [0.1, 0.15) is 31.0 Å². The summed E-state index contributed by atoms with van der Waals surface area (Å²) in [5.74, 6) is -0.160. The van der Waals surface area contributed by atoms with Gasteiger partial charge < -0.3 is 15.6 Å². The molecule has 0 saturated heterocycles. The van der Waals surface area contributed by atoms with Crippen LogP contribution in [0.3, 0.4) is 0 Å². The van der Waals surface area contributed by atoms with Gasteiger partial charge in [0.2, 0.25) is 5.96 Å². The number of ether oxygens (including phenoxy) is 1. The molecule has 2 aromatic rings. The van der Waals surface area contributed by atoms with Crippen molar-refractivity contribution in [2.45, 2.75) is 31.6 Å². The van der Waals surface area contributed by atoms with Gasteiger partial charge in [-0.3, -0.25) is 0 Å². The second kappa shape index (κ2) is 7.18. The summed E-state index contributed by atoms with van der Waals surface area (Å²) >= 11 is 0. The fraction of sp³-hybridized carbons (Fsp3) is 0.250. The van der Waals surface area contributed by atoms with Crippen molar-refractivity contribution < 1.29 is 14.2 Å². The lowest BCUT2D eigenvalue weighted by molar-refractivity contribution is -0.0751. The molecule has 3 rings (SSSR count). The molecular formula is C20H18FN5O2. The minimum absolute atomic E-state index is 0.177. The molecule has 7 nitrogen and oxygen atoms in total. The molecule has 2 atom stereocenters. The summed E-state index contributed by atoms with van der Waals surface area (Å²) in [5, 5.41) is 29.9. The van der Waals surface area contributed by atoms with Gasteiger partial charge in [-0.25, -0.2) is 14.3 Å². The minimum Gasteiger partial charge on any atom is -0.485 e. The van der Waals surface area contributed by atoms with Gasteiger partial charge in [0.1, 0.15) is 29.3 Å². The Morgan fingerprint density at radius 1 is 1.25 bits per heavy atom. The molecule has 2 aromatic carbocycles. The molecule has 28 heavy (non-hydrogen) atoms. The third-order valence-corrected chi connectivity index (χ3v) is 4.54. The van der Waals surface area contributed by atoms with E-state index in [0.717, 1.165) is 4.90 Å². The number of nitrogens with two attached hydrogens (primary N) is 1. The van der Waals surface area contributed by atoms with Crippen molar-refractivity contribution in [2.75, 3.05) is 0 Å². The fourth-order valence-electron chi connectivity index (χ4n) is 3.07. The predicted molar refractivity (Wildman–Crippen MR) is 99.7 cm³/mol. The molecule has 0 spiro atoms. The Bertz CT molecular complexity index is 1000. The highest BCUT2D eigenvalue weighted by Gasteiger charge is 2.46. The average molecular weight is 379 g/mol. The molecule has 0 bridgehead atoms.